The Kier molecular flexibility index (Phi) is 1.68. The highest BCUT2D eigenvalue weighted by Crippen LogP contribution is 2.39. The Hall–Kier alpha value is -1.35. The number of benzene rings is 2. The molecule has 0 aliphatic carbocycles. The van der Waals surface area contributed by atoms with Crippen LogP contribution in [0.3, 0.4) is 0 Å². The molecule has 2 nitrogen and oxygen atoms in total. The molecule has 3 heteroatoms. The number of carbonyl (C=O) groups is 1. The van der Waals surface area contributed by atoms with E-state index in [-0.39, 0.29) is 5.91 Å². The second-order valence-corrected chi connectivity index (χ2v) is 4.51. The molecule has 0 radical (unpaired) electrons. The monoisotopic (exact) mass is 261 g/mol. The van der Waals surface area contributed by atoms with Crippen molar-refractivity contribution in [3.05, 3.63) is 40.4 Å². The van der Waals surface area contributed by atoms with Crippen molar-refractivity contribution in [3.8, 4) is 0 Å². The minimum atomic E-state index is 0.0775. The fraction of sp³-hybridized carbons (Fsp3) is 0.0833. The number of nitrogens with zero attached hydrogens (tertiary/aromatic N) is 1. The summed E-state index contributed by atoms with van der Waals surface area (Å²) in [7, 11) is 1.81. The predicted octanol–water partition coefficient (Wildman–Crippen LogP) is 3.19. The molecule has 1 aliphatic rings. The molecule has 0 saturated heterocycles. The van der Waals surface area contributed by atoms with Gasteiger partial charge in [-0.05, 0) is 23.6 Å². The van der Waals surface area contributed by atoms with Crippen LogP contribution in [0, 0.1) is 0 Å². The molecule has 0 spiro atoms. The van der Waals surface area contributed by atoms with Gasteiger partial charge >= 0.3 is 0 Å². The van der Waals surface area contributed by atoms with E-state index in [2.05, 4.69) is 15.9 Å². The lowest BCUT2D eigenvalue weighted by Crippen LogP contribution is -2.20. The zero-order valence-corrected chi connectivity index (χ0v) is 9.71. The first kappa shape index (κ1) is 8.92. The van der Waals surface area contributed by atoms with Gasteiger partial charge in [0.2, 0.25) is 0 Å². The molecule has 0 fully saturated rings. The molecule has 1 amide bonds. The van der Waals surface area contributed by atoms with E-state index < -0.39 is 0 Å². The van der Waals surface area contributed by atoms with Crippen LogP contribution in [0.4, 0.5) is 5.69 Å². The number of hydrogen-bond donors (Lipinski definition) is 0. The fourth-order valence-corrected chi connectivity index (χ4v) is 2.56. The molecule has 1 heterocycles. The predicted molar refractivity (Wildman–Crippen MR) is 64.4 cm³/mol. The number of amides is 1. The lowest BCUT2D eigenvalue weighted by atomic mass is 10.1. The largest absolute Gasteiger partial charge is 0.311 e. The molecule has 0 unspecified atom stereocenters. The third-order valence-electron chi connectivity index (χ3n) is 2.86. The van der Waals surface area contributed by atoms with Crippen molar-refractivity contribution in [2.24, 2.45) is 0 Å². The highest BCUT2D eigenvalue weighted by Gasteiger charge is 2.26. The number of anilines is 1. The minimum absolute atomic E-state index is 0.0775. The van der Waals surface area contributed by atoms with Crippen molar-refractivity contribution < 1.29 is 4.79 Å². The first-order chi connectivity index (χ1) is 7.20. The average Bonchev–Trinajstić information content (AvgIpc) is 2.50. The van der Waals surface area contributed by atoms with E-state index in [0.29, 0.717) is 0 Å². The van der Waals surface area contributed by atoms with Crippen LogP contribution in [-0.2, 0) is 0 Å². The Morgan fingerprint density at radius 3 is 2.80 bits per heavy atom. The summed E-state index contributed by atoms with van der Waals surface area (Å²) in [5.74, 6) is 0.0775. The van der Waals surface area contributed by atoms with Gasteiger partial charge in [0, 0.05) is 22.5 Å². The van der Waals surface area contributed by atoms with Gasteiger partial charge in [0.05, 0.1) is 5.69 Å². The maximum atomic E-state index is 11.9. The molecule has 3 rings (SSSR count). The van der Waals surface area contributed by atoms with Gasteiger partial charge in [0.25, 0.3) is 5.91 Å². The number of rotatable bonds is 0. The van der Waals surface area contributed by atoms with Gasteiger partial charge in [-0.25, -0.2) is 0 Å². The first-order valence-corrected chi connectivity index (χ1v) is 5.49. The van der Waals surface area contributed by atoms with E-state index in [9.17, 15) is 4.79 Å². The van der Waals surface area contributed by atoms with Crippen LogP contribution < -0.4 is 4.90 Å². The molecular formula is C12H8BrNO. The summed E-state index contributed by atoms with van der Waals surface area (Å²) < 4.78 is 1.03. The molecule has 15 heavy (non-hydrogen) atoms. The van der Waals surface area contributed by atoms with E-state index in [4.69, 9.17) is 0 Å². The van der Waals surface area contributed by atoms with Crippen molar-refractivity contribution in [2.45, 2.75) is 0 Å². The molecule has 0 N–H and O–H groups in total. The van der Waals surface area contributed by atoms with Crippen molar-refractivity contribution in [1.82, 2.24) is 0 Å². The van der Waals surface area contributed by atoms with Crippen LogP contribution in [-0.4, -0.2) is 13.0 Å². The van der Waals surface area contributed by atoms with Crippen LogP contribution in [0.15, 0.2) is 34.8 Å². The smallest absolute Gasteiger partial charge is 0.258 e. The molecule has 0 bridgehead atoms. The maximum Gasteiger partial charge on any atom is 0.258 e. The van der Waals surface area contributed by atoms with Gasteiger partial charge in [-0.15, -0.1) is 0 Å². The molecule has 2 aromatic carbocycles. The topological polar surface area (TPSA) is 20.3 Å². The van der Waals surface area contributed by atoms with E-state index in [0.717, 1.165) is 26.5 Å². The van der Waals surface area contributed by atoms with E-state index in [1.807, 2.05) is 37.4 Å². The summed E-state index contributed by atoms with van der Waals surface area (Å²) >= 11 is 3.50. The Labute approximate surface area is 95.6 Å². The third kappa shape index (κ3) is 1.01. The van der Waals surface area contributed by atoms with Crippen LogP contribution in [0.1, 0.15) is 10.4 Å². The molecule has 74 valence electrons. The van der Waals surface area contributed by atoms with Gasteiger partial charge in [-0.1, -0.05) is 28.1 Å². The number of hydrogen-bond acceptors (Lipinski definition) is 1. The highest BCUT2D eigenvalue weighted by atomic mass is 79.9. The van der Waals surface area contributed by atoms with Gasteiger partial charge in [-0.3, -0.25) is 4.79 Å². The summed E-state index contributed by atoms with van der Waals surface area (Å²) in [6.07, 6.45) is 0. The van der Waals surface area contributed by atoms with Gasteiger partial charge < -0.3 is 4.90 Å². The van der Waals surface area contributed by atoms with E-state index in [1.54, 1.807) is 4.90 Å². The maximum absolute atomic E-state index is 11.9. The number of halogens is 1. The Balaban J connectivity index is 2.56. The van der Waals surface area contributed by atoms with Crippen LogP contribution in [0.5, 0.6) is 0 Å². The minimum Gasteiger partial charge on any atom is -0.311 e. The Morgan fingerprint density at radius 2 is 2.00 bits per heavy atom. The normalized spacial score (nSPS) is 14.0. The highest BCUT2D eigenvalue weighted by molar-refractivity contribution is 9.10. The third-order valence-corrected chi connectivity index (χ3v) is 3.55. The molecule has 0 aromatic heterocycles. The first-order valence-electron chi connectivity index (χ1n) is 4.69. The van der Waals surface area contributed by atoms with Gasteiger partial charge in [0.15, 0.2) is 0 Å². The van der Waals surface area contributed by atoms with Gasteiger partial charge in [0.1, 0.15) is 0 Å². The van der Waals surface area contributed by atoms with E-state index >= 15 is 0 Å². The Bertz CT molecular complexity index is 591. The summed E-state index contributed by atoms with van der Waals surface area (Å²) in [6, 6.07) is 9.78. The summed E-state index contributed by atoms with van der Waals surface area (Å²) in [5, 5.41) is 2.15. The summed E-state index contributed by atoms with van der Waals surface area (Å²) in [5.41, 5.74) is 1.79. The lowest BCUT2D eigenvalue weighted by Gasteiger charge is -2.09. The van der Waals surface area contributed by atoms with E-state index in [1.165, 1.54) is 0 Å². The zero-order valence-electron chi connectivity index (χ0n) is 8.12. The SMILES string of the molecule is CN1C(=O)c2cccc3c(Br)ccc1c23. The Morgan fingerprint density at radius 1 is 1.20 bits per heavy atom. The summed E-state index contributed by atoms with van der Waals surface area (Å²) in [4.78, 5) is 13.6. The fourth-order valence-electron chi connectivity index (χ4n) is 2.10. The van der Waals surface area contributed by atoms with Crippen molar-refractivity contribution >= 4 is 38.3 Å². The van der Waals surface area contributed by atoms with Gasteiger partial charge in [-0.2, -0.15) is 0 Å². The second kappa shape index (κ2) is 2.83. The number of carbonyl (C=O) groups excluding carboxylic acids is 1. The zero-order chi connectivity index (χ0) is 10.6. The molecule has 0 atom stereocenters. The lowest BCUT2D eigenvalue weighted by molar-refractivity contribution is 0.0999. The van der Waals surface area contributed by atoms with Crippen molar-refractivity contribution in [2.75, 3.05) is 11.9 Å². The van der Waals surface area contributed by atoms with Crippen LogP contribution in [0.25, 0.3) is 10.8 Å². The van der Waals surface area contributed by atoms with Crippen LogP contribution in [0.2, 0.25) is 0 Å². The molecule has 1 aliphatic heterocycles. The standard InChI is InChI=1S/C12H8BrNO/c1-14-10-6-5-9(13)7-3-2-4-8(11(7)10)12(14)15/h2-6H,1H3. The molecule has 2 aromatic rings. The molecular weight excluding hydrogens is 254 g/mol. The van der Waals surface area contributed by atoms with Crippen molar-refractivity contribution in [1.29, 1.82) is 0 Å². The average molecular weight is 262 g/mol. The second-order valence-electron chi connectivity index (χ2n) is 3.66. The summed E-state index contributed by atoms with van der Waals surface area (Å²) in [6.45, 7) is 0. The quantitative estimate of drug-likeness (QED) is 0.714. The molecule has 0 saturated carbocycles. The van der Waals surface area contributed by atoms with Crippen LogP contribution >= 0.6 is 15.9 Å². The van der Waals surface area contributed by atoms with Crippen molar-refractivity contribution in [3.63, 3.8) is 0 Å².